The highest BCUT2D eigenvalue weighted by atomic mass is 19.1. The molecular weight excluding hydrogens is 357 g/mol. The Kier molecular flexibility index (Phi) is 4.96. The standard InChI is InChI=1S/C22H22FN3O2/c1-14-7-8-17(23)20-21(14)25-18-9-10-26(12-16(18)22(20)28)13-19(27)24-11-15-5-3-2-4-6-15/h2-8H,9-13H2,1H3,(H,24,27)(H,25,28). The molecule has 1 aromatic heterocycles. The third-order valence-corrected chi connectivity index (χ3v) is 5.26. The number of nitrogens with zero attached hydrogens (tertiary/aromatic N) is 1. The van der Waals surface area contributed by atoms with Gasteiger partial charge in [-0.2, -0.15) is 0 Å². The van der Waals surface area contributed by atoms with E-state index in [1.54, 1.807) is 6.07 Å². The number of hydrogen-bond donors (Lipinski definition) is 2. The molecule has 28 heavy (non-hydrogen) atoms. The van der Waals surface area contributed by atoms with Gasteiger partial charge in [0.25, 0.3) is 0 Å². The summed E-state index contributed by atoms with van der Waals surface area (Å²) < 4.78 is 14.3. The first kappa shape index (κ1) is 18.4. The molecule has 0 atom stereocenters. The lowest BCUT2D eigenvalue weighted by atomic mass is 10.0. The van der Waals surface area contributed by atoms with Crippen LogP contribution < -0.4 is 10.7 Å². The van der Waals surface area contributed by atoms with E-state index in [0.717, 1.165) is 16.8 Å². The van der Waals surface area contributed by atoms with E-state index in [-0.39, 0.29) is 23.3 Å². The fourth-order valence-electron chi connectivity index (χ4n) is 3.72. The van der Waals surface area contributed by atoms with E-state index in [0.29, 0.717) is 37.1 Å². The fourth-order valence-corrected chi connectivity index (χ4v) is 3.72. The van der Waals surface area contributed by atoms with Gasteiger partial charge in [0.05, 0.1) is 17.4 Å². The van der Waals surface area contributed by atoms with E-state index in [2.05, 4.69) is 10.3 Å². The maximum absolute atomic E-state index is 14.3. The van der Waals surface area contributed by atoms with Gasteiger partial charge in [-0.25, -0.2) is 4.39 Å². The molecule has 4 rings (SSSR count). The van der Waals surface area contributed by atoms with Crippen molar-refractivity contribution in [2.75, 3.05) is 13.1 Å². The summed E-state index contributed by atoms with van der Waals surface area (Å²) in [7, 11) is 0. The molecule has 1 aliphatic rings. The lowest BCUT2D eigenvalue weighted by Gasteiger charge is -2.28. The van der Waals surface area contributed by atoms with Gasteiger partial charge in [-0.05, 0) is 24.1 Å². The Hall–Kier alpha value is -2.99. The zero-order valence-corrected chi connectivity index (χ0v) is 15.7. The van der Waals surface area contributed by atoms with Gasteiger partial charge in [-0.3, -0.25) is 14.5 Å². The second kappa shape index (κ2) is 7.56. The first-order valence-electron chi connectivity index (χ1n) is 9.39. The number of fused-ring (bicyclic) bond motifs is 2. The normalized spacial score (nSPS) is 14.1. The average Bonchev–Trinajstić information content (AvgIpc) is 2.70. The summed E-state index contributed by atoms with van der Waals surface area (Å²) in [6, 6.07) is 12.7. The molecule has 0 saturated heterocycles. The third kappa shape index (κ3) is 3.55. The van der Waals surface area contributed by atoms with Gasteiger partial charge in [-0.15, -0.1) is 0 Å². The predicted octanol–water partition coefficient (Wildman–Crippen LogP) is 2.65. The summed E-state index contributed by atoms with van der Waals surface area (Å²) in [5.41, 5.74) is 3.57. The molecule has 0 spiro atoms. The highest BCUT2D eigenvalue weighted by Crippen LogP contribution is 2.22. The number of benzene rings is 2. The summed E-state index contributed by atoms with van der Waals surface area (Å²) in [6.07, 6.45) is 0.627. The molecule has 2 heterocycles. The summed E-state index contributed by atoms with van der Waals surface area (Å²) in [5.74, 6) is -0.603. The predicted molar refractivity (Wildman–Crippen MR) is 107 cm³/mol. The highest BCUT2D eigenvalue weighted by molar-refractivity contribution is 5.83. The van der Waals surface area contributed by atoms with Gasteiger partial charge >= 0.3 is 0 Å². The van der Waals surface area contributed by atoms with E-state index in [1.165, 1.54) is 6.07 Å². The largest absolute Gasteiger partial charge is 0.358 e. The van der Waals surface area contributed by atoms with Crippen molar-refractivity contribution in [1.82, 2.24) is 15.2 Å². The molecule has 0 fully saturated rings. The highest BCUT2D eigenvalue weighted by Gasteiger charge is 2.23. The lowest BCUT2D eigenvalue weighted by molar-refractivity contribution is -0.122. The van der Waals surface area contributed by atoms with E-state index >= 15 is 0 Å². The van der Waals surface area contributed by atoms with Crippen molar-refractivity contribution in [2.24, 2.45) is 0 Å². The van der Waals surface area contributed by atoms with Crippen LogP contribution in [0, 0.1) is 12.7 Å². The van der Waals surface area contributed by atoms with Crippen molar-refractivity contribution < 1.29 is 9.18 Å². The molecule has 144 valence electrons. The number of amides is 1. The fraction of sp³-hybridized carbons (Fsp3) is 0.273. The second-order valence-electron chi connectivity index (χ2n) is 7.25. The first-order chi connectivity index (χ1) is 13.5. The smallest absolute Gasteiger partial charge is 0.234 e. The van der Waals surface area contributed by atoms with Gasteiger partial charge in [0.1, 0.15) is 5.82 Å². The summed E-state index contributed by atoms with van der Waals surface area (Å²) in [5, 5.41) is 3.01. The number of aromatic nitrogens is 1. The van der Waals surface area contributed by atoms with E-state index in [4.69, 9.17) is 0 Å². The monoisotopic (exact) mass is 379 g/mol. The van der Waals surface area contributed by atoms with Gasteiger partial charge in [0.15, 0.2) is 5.43 Å². The van der Waals surface area contributed by atoms with Crippen LogP contribution in [-0.2, 0) is 24.3 Å². The Morgan fingerprint density at radius 2 is 2.00 bits per heavy atom. The molecule has 1 aliphatic heterocycles. The summed E-state index contributed by atoms with van der Waals surface area (Å²) >= 11 is 0. The number of H-pyrrole nitrogens is 1. The van der Waals surface area contributed by atoms with Crippen LogP contribution in [0.15, 0.2) is 47.3 Å². The van der Waals surface area contributed by atoms with Crippen molar-refractivity contribution in [1.29, 1.82) is 0 Å². The van der Waals surface area contributed by atoms with Gasteiger partial charge in [0.2, 0.25) is 5.91 Å². The molecule has 0 unspecified atom stereocenters. The molecule has 1 amide bonds. The number of rotatable bonds is 4. The van der Waals surface area contributed by atoms with Crippen LogP contribution in [0.5, 0.6) is 0 Å². The Morgan fingerprint density at radius 1 is 1.21 bits per heavy atom. The molecule has 0 radical (unpaired) electrons. The van der Waals surface area contributed by atoms with Crippen molar-refractivity contribution >= 4 is 16.8 Å². The number of nitrogens with one attached hydrogen (secondary N) is 2. The van der Waals surface area contributed by atoms with Crippen LogP contribution in [0.1, 0.15) is 22.4 Å². The minimum atomic E-state index is -0.512. The van der Waals surface area contributed by atoms with Crippen LogP contribution in [0.4, 0.5) is 4.39 Å². The maximum Gasteiger partial charge on any atom is 0.234 e. The van der Waals surface area contributed by atoms with Gasteiger partial charge in [0, 0.05) is 37.3 Å². The molecule has 2 aromatic carbocycles. The van der Waals surface area contributed by atoms with Gasteiger partial charge in [-0.1, -0.05) is 36.4 Å². The van der Waals surface area contributed by atoms with Gasteiger partial charge < -0.3 is 10.3 Å². The van der Waals surface area contributed by atoms with Crippen LogP contribution >= 0.6 is 0 Å². The molecular formula is C22H22FN3O2. The first-order valence-corrected chi connectivity index (χ1v) is 9.39. The molecule has 0 aliphatic carbocycles. The minimum Gasteiger partial charge on any atom is -0.358 e. The van der Waals surface area contributed by atoms with Crippen molar-refractivity contribution in [3.05, 3.63) is 80.9 Å². The molecule has 2 N–H and O–H groups in total. The topological polar surface area (TPSA) is 65.2 Å². The zero-order chi connectivity index (χ0) is 19.7. The number of pyridine rings is 1. The number of aromatic amines is 1. The molecule has 0 bridgehead atoms. The Labute approximate surface area is 162 Å². The Balaban J connectivity index is 1.50. The summed E-state index contributed by atoms with van der Waals surface area (Å²) in [6.45, 7) is 3.55. The molecule has 0 saturated carbocycles. The number of hydrogen-bond acceptors (Lipinski definition) is 3. The lowest BCUT2D eigenvalue weighted by Crippen LogP contribution is -2.41. The van der Waals surface area contributed by atoms with Crippen LogP contribution in [0.3, 0.4) is 0 Å². The number of halogens is 1. The number of carbonyl (C=O) groups excluding carboxylic acids is 1. The average molecular weight is 379 g/mol. The summed E-state index contributed by atoms with van der Waals surface area (Å²) in [4.78, 5) is 30.4. The zero-order valence-electron chi connectivity index (χ0n) is 15.7. The quantitative estimate of drug-likeness (QED) is 0.733. The molecule has 5 nitrogen and oxygen atoms in total. The van der Waals surface area contributed by atoms with Crippen LogP contribution in [0.2, 0.25) is 0 Å². The van der Waals surface area contributed by atoms with Crippen LogP contribution in [-0.4, -0.2) is 28.9 Å². The Bertz CT molecular complexity index is 1090. The minimum absolute atomic E-state index is 0.0912. The second-order valence-corrected chi connectivity index (χ2v) is 7.25. The maximum atomic E-state index is 14.3. The van der Waals surface area contributed by atoms with Crippen molar-refractivity contribution in [3.63, 3.8) is 0 Å². The number of aryl methyl sites for hydroxylation is 1. The number of carbonyl (C=O) groups is 1. The van der Waals surface area contributed by atoms with E-state index in [1.807, 2.05) is 42.2 Å². The molecule has 6 heteroatoms. The third-order valence-electron chi connectivity index (χ3n) is 5.26. The molecule has 3 aromatic rings. The van der Waals surface area contributed by atoms with Crippen LogP contribution in [0.25, 0.3) is 10.9 Å². The Morgan fingerprint density at radius 3 is 2.79 bits per heavy atom. The SMILES string of the molecule is Cc1ccc(F)c2c(=O)c3c([nH]c12)CCN(CC(=O)NCc1ccccc1)C3. The van der Waals surface area contributed by atoms with Crippen molar-refractivity contribution in [2.45, 2.75) is 26.4 Å². The van der Waals surface area contributed by atoms with E-state index < -0.39 is 5.82 Å². The van der Waals surface area contributed by atoms with E-state index in [9.17, 15) is 14.0 Å². The van der Waals surface area contributed by atoms with Crippen molar-refractivity contribution in [3.8, 4) is 0 Å².